The molecule has 5 nitrogen and oxygen atoms in total. The molecule has 0 saturated heterocycles. The fourth-order valence-electron chi connectivity index (χ4n) is 3.11. The van der Waals surface area contributed by atoms with Gasteiger partial charge in [0.25, 0.3) is 5.56 Å². The molecule has 0 spiro atoms. The molecule has 112 valence electrons. The first-order valence-corrected chi connectivity index (χ1v) is 7.32. The Balaban J connectivity index is 2.16. The second-order valence-electron chi connectivity index (χ2n) is 6.58. The van der Waals surface area contributed by atoms with E-state index >= 15 is 0 Å². The highest BCUT2D eigenvalue weighted by molar-refractivity contribution is 5.06. The largest absolute Gasteiger partial charge is 0.330 e. The van der Waals surface area contributed by atoms with Crippen molar-refractivity contribution in [1.29, 1.82) is 0 Å². The normalized spacial score (nSPS) is 21.9. The Kier molecular flexibility index (Phi) is 4.18. The highest BCUT2D eigenvalue weighted by atomic mass is 16.2. The molecule has 1 fully saturated rings. The van der Waals surface area contributed by atoms with Gasteiger partial charge in [-0.15, -0.1) is 0 Å². The molecule has 1 aliphatic rings. The number of aromatic nitrogens is 2. The van der Waals surface area contributed by atoms with E-state index in [1.165, 1.54) is 35.4 Å². The van der Waals surface area contributed by atoms with E-state index in [9.17, 15) is 9.59 Å². The molecule has 20 heavy (non-hydrogen) atoms. The minimum atomic E-state index is -0.281. The van der Waals surface area contributed by atoms with E-state index in [4.69, 9.17) is 0 Å². The molecule has 1 aliphatic carbocycles. The molecule has 0 aliphatic heterocycles. The molecule has 1 aromatic heterocycles. The summed E-state index contributed by atoms with van der Waals surface area (Å²) in [5.41, 5.74) is 0.436. The fraction of sp³-hybridized carbons (Fsp3) is 0.733. The van der Waals surface area contributed by atoms with Crippen molar-refractivity contribution in [3.63, 3.8) is 0 Å². The standard InChI is InChI=1S/C15H25N3O2/c1-15(2)8-6-5-7-12(15)16-9-11-10-17(3)14(20)18(4)13(11)19/h10,12,16H,5-9H2,1-4H3. The number of rotatable bonds is 3. The molecule has 2 rings (SSSR count). The van der Waals surface area contributed by atoms with Crippen molar-refractivity contribution in [3.8, 4) is 0 Å². The first-order valence-electron chi connectivity index (χ1n) is 7.32. The molecule has 1 heterocycles. The summed E-state index contributed by atoms with van der Waals surface area (Å²) in [6.45, 7) is 5.08. The lowest BCUT2D eigenvalue weighted by Gasteiger charge is -2.39. The zero-order valence-corrected chi connectivity index (χ0v) is 12.9. The maximum atomic E-state index is 12.1. The van der Waals surface area contributed by atoms with Crippen LogP contribution in [-0.4, -0.2) is 15.2 Å². The third kappa shape index (κ3) is 2.87. The molecule has 0 radical (unpaired) electrons. The number of hydrogen-bond donors (Lipinski definition) is 1. The summed E-state index contributed by atoms with van der Waals surface area (Å²) < 4.78 is 2.63. The van der Waals surface area contributed by atoms with Crippen LogP contribution in [0.4, 0.5) is 0 Å². The lowest BCUT2D eigenvalue weighted by Crippen LogP contribution is -2.45. The summed E-state index contributed by atoms with van der Waals surface area (Å²) in [4.78, 5) is 23.7. The van der Waals surface area contributed by atoms with Crippen molar-refractivity contribution in [2.24, 2.45) is 19.5 Å². The summed E-state index contributed by atoms with van der Waals surface area (Å²) in [5.74, 6) is 0. The second kappa shape index (κ2) is 5.56. The summed E-state index contributed by atoms with van der Waals surface area (Å²) in [7, 11) is 3.20. The number of hydrogen-bond acceptors (Lipinski definition) is 3. The topological polar surface area (TPSA) is 56.0 Å². The average molecular weight is 279 g/mol. The van der Waals surface area contributed by atoms with Crippen LogP contribution in [0.25, 0.3) is 0 Å². The van der Waals surface area contributed by atoms with E-state index in [0.29, 0.717) is 18.2 Å². The highest BCUT2D eigenvalue weighted by Gasteiger charge is 2.31. The van der Waals surface area contributed by atoms with Crippen LogP contribution < -0.4 is 16.6 Å². The maximum Gasteiger partial charge on any atom is 0.330 e. The van der Waals surface area contributed by atoms with Crippen LogP contribution in [0.5, 0.6) is 0 Å². The smallest absolute Gasteiger partial charge is 0.309 e. The second-order valence-corrected chi connectivity index (χ2v) is 6.58. The number of nitrogens with one attached hydrogen (secondary N) is 1. The van der Waals surface area contributed by atoms with Gasteiger partial charge in [0, 0.05) is 38.4 Å². The van der Waals surface area contributed by atoms with Crippen molar-refractivity contribution in [1.82, 2.24) is 14.5 Å². The summed E-state index contributed by atoms with van der Waals surface area (Å²) in [6, 6.07) is 0.429. The van der Waals surface area contributed by atoms with Crippen LogP contribution in [0.2, 0.25) is 0 Å². The molecule has 1 N–H and O–H groups in total. The Morgan fingerprint density at radius 1 is 1.30 bits per heavy atom. The van der Waals surface area contributed by atoms with Crippen LogP contribution in [0.1, 0.15) is 45.1 Å². The monoisotopic (exact) mass is 279 g/mol. The van der Waals surface area contributed by atoms with E-state index in [1.807, 2.05) is 0 Å². The van der Waals surface area contributed by atoms with Crippen LogP contribution >= 0.6 is 0 Å². The van der Waals surface area contributed by atoms with Crippen molar-refractivity contribution in [2.75, 3.05) is 0 Å². The number of aryl methyl sites for hydroxylation is 1. The lowest BCUT2D eigenvalue weighted by atomic mass is 9.73. The van der Waals surface area contributed by atoms with E-state index in [-0.39, 0.29) is 16.7 Å². The minimum Gasteiger partial charge on any atom is -0.309 e. The first kappa shape index (κ1) is 15.0. The molecule has 0 amide bonds. The zero-order valence-electron chi connectivity index (χ0n) is 12.9. The SMILES string of the molecule is Cn1cc(CNC2CCCCC2(C)C)c(=O)n(C)c1=O. The Labute approximate surface area is 119 Å². The first-order chi connectivity index (χ1) is 9.33. The van der Waals surface area contributed by atoms with Crippen molar-refractivity contribution < 1.29 is 0 Å². The Morgan fingerprint density at radius 2 is 2.00 bits per heavy atom. The van der Waals surface area contributed by atoms with Crippen LogP contribution in [0, 0.1) is 5.41 Å². The molecular weight excluding hydrogens is 254 g/mol. The van der Waals surface area contributed by atoms with Crippen LogP contribution in [0.15, 0.2) is 15.8 Å². The summed E-state index contributed by atoms with van der Waals surface area (Å²) >= 11 is 0. The van der Waals surface area contributed by atoms with Crippen molar-refractivity contribution >= 4 is 0 Å². The van der Waals surface area contributed by atoms with Gasteiger partial charge in [0.15, 0.2) is 0 Å². The average Bonchev–Trinajstić information content (AvgIpc) is 2.40. The fourth-order valence-corrected chi connectivity index (χ4v) is 3.11. The molecule has 1 aromatic rings. The van der Waals surface area contributed by atoms with Gasteiger partial charge in [0.2, 0.25) is 0 Å². The molecule has 5 heteroatoms. The van der Waals surface area contributed by atoms with Crippen molar-refractivity contribution in [2.45, 2.75) is 52.1 Å². The predicted octanol–water partition coefficient (Wildman–Crippen LogP) is 1.14. The Morgan fingerprint density at radius 3 is 2.65 bits per heavy atom. The van der Waals surface area contributed by atoms with E-state index in [1.54, 1.807) is 13.2 Å². The van der Waals surface area contributed by atoms with Gasteiger partial charge >= 0.3 is 5.69 Å². The van der Waals surface area contributed by atoms with Gasteiger partial charge in [-0.3, -0.25) is 9.36 Å². The highest BCUT2D eigenvalue weighted by Crippen LogP contribution is 2.35. The van der Waals surface area contributed by atoms with E-state index in [0.717, 1.165) is 6.42 Å². The third-order valence-electron chi connectivity index (χ3n) is 4.56. The van der Waals surface area contributed by atoms with Gasteiger partial charge in [0.05, 0.1) is 0 Å². The van der Waals surface area contributed by atoms with E-state index < -0.39 is 0 Å². The summed E-state index contributed by atoms with van der Waals surface area (Å²) in [6.07, 6.45) is 6.54. The molecule has 0 bridgehead atoms. The third-order valence-corrected chi connectivity index (χ3v) is 4.56. The van der Waals surface area contributed by atoms with Gasteiger partial charge in [-0.2, -0.15) is 0 Å². The minimum absolute atomic E-state index is 0.200. The van der Waals surface area contributed by atoms with Crippen LogP contribution in [-0.2, 0) is 20.6 Å². The van der Waals surface area contributed by atoms with Gasteiger partial charge < -0.3 is 9.88 Å². The Hall–Kier alpha value is -1.36. The molecule has 1 unspecified atom stereocenters. The van der Waals surface area contributed by atoms with Gasteiger partial charge in [-0.05, 0) is 18.3 Å². The van der Waals surface area contributed by atoms with Gasteiger partial charge in [-0.1, -0.05) is 26.7 Å². The molecule has 1 atom stereocenters. The molecule has 1 saturated carbocycles. The lowest BCUT2D eigenvalue weighted by molar-refractivity contribution is 0.166. The van der Waals surface area contributed by atoms with Crippen molar-refractivity contribution in [3.05, 3.63) is 32.6 Å². The Bertz CT molecular complexity index is 598. The zero-order chi connectivity index (χ0) is 14.9. The van der Waals surface area contributed by atoms with Gasteiger partial charge in [-0.25, -0.2) is 4.79 Å². The van der Waals surface area contributed by atoms with E-state index in [2.05, 4.69) is 19.2 Å². The predicted molar refractivity (Wildman–Crippen MR) is 79.8 cm³/mol. The summed E-state index contributed by atoms with van der Waals surface area (Å²) in [5, 5.41) is 3.51. The molecule has 0 aromatic carbocycles. The van der Waals surface area contributed by atoms with Crippen LogP contribution in [0.3, 0.4) is 0 Å². The van der Waals surface area contributed by atoms with Gasteiger partial charge in [0.1, 0.15) is 0 Å². The maximum absolute atomic E-state index is 12.1. The molecular formula is C15H25N3O2. The number of nitrogens with zero attached hydrogens (tertiary/aromatic N) is 2. The quantitative estimate of drug-likeness (QED) is 0.903.